The number of amides is 1. The Morgan fingerprint density at radius 1 is 1.00 bits per heavy atom. The zero-order valence-electron chi connectivity index (χ0n) is 17.1. The topological polar surface area (TPSA) is 56.8 Å². The molecular weight excluding hydrogens is 354 g/mol. The van der Waals surface area contributed by atoms with Crippen LogP contribution >= 0.6 is 0 Å². The molecule has 0 aliphatic rings. The van der Waals surface area contributed by atoms with E-state index in [1.807, 2.05) is 49.4 Å². The van der Waals surface area contributed by atoms with Crippen LogP contribution in [0, 0.1) is 0 Å². The van der Waals surface area contributed by atoms with Gasteiger partial charge >= 0.3 is 0 Å². The number of ether oxygens (including phenoxy) is 3. The molecule has 0 radical (unpaired) electrons. The number of methoxy groups -OCH3 is 1. The number of hydrogen-bond donors (Lipinski definition) is 1. The summed E-state index contributed by atoms with van der Waals surface area (Å²) >= 11 is 0. The first-order valence-corrected chi connectivity index (χ1v) is 9.97. The molecule has 152 valence electrons. The Hall–Kier alpha value is -2.69. The number of carbonyl (C=O) groups excluding carboxylic acids is 1. The molecule has 0 fully saturated rings. The molecular formula is C23H31NO4. The molecule has 5 nitrogen and oxygen atoms in total. The van der Waals surface area contributed by atoms with Gasteiger partial charge in [-0.25, -0.2) is 0 Å². The molecule has 1 N–H and O–H groups in total. The Bertz CT molecular complexity index is 732. The molecule has 28 heavy (non-hydrogen) atoms. The summed E-state index contributed by atoms with van der Waals surface area (Å²) in [6, 6.07) is 15.4. The van der Waals surface area contributed by atoms with Crippen molar-refractivity contribution in [2.24, 2.45) is 0 Å². The minimum absolute atomic E-state index is 0.107. The number of para-hydroxylation sites is 3. The van der Waals surface area contributed by atoms with Crippen molar-refractivity contribution in [3.63, 3.8) is 0 Å². The lowest BCUT2D eigenvalue weighted by Gasteiger charge is -2.19. The highest BCUT2D eigenvalue weighted by molar-refractivity contribution is 5.81. The molecule has 0 heterocycles. The standard InChI is InChI=1S/C23H31NO4/c1-4-17-27-20-13-7-6-11-18(20)12-10-16-24-23(25)19(5-2)28-22-15-9-8-14-21(22)26-3/h6-9,11,13-15,19H,4-5,10,12,16-17H2,1-3H3,(H,24,25). The lowest BCUT2D eigenvalue weighted by molar-refractivity contribution is -0.128. The largest absolute Gasteiger partial charge is 0.493 e. The fourth-order valence-electron chi connectivity index (χ4n) is 2.86. The summed E-state index contributed by atoms with van der Waals surface area (Å²) < 4.78 is 16.9. The Morgan fingerprint density at radius 3 is 2.36 bits per heavy atom. The van der Waals surface area contributed by atoms with E-state index >= 15 is 0 Å². The van der Waals surface area contributed by atoms with Crippen molar-refractivity contribution in [3.8, 4) is 17.2 Å². The maximum Gasteiger partial charge on any atom is 0.261 e. The van der Waals surface area contributed by atoms with Gasteiger partial charge in [0.05, 0.1) is 13.7 Å². The van der Waals surface area contributed by atoms with Gasteiger partial charge in [0.15, 0.2) is 17.6 Å². The fraction of sp³-hybridized carbons (Fsp3) is 0.435. The molecule has 0 saturated heterocycles. The van der Waals surface area contributed by atoms with E-state index in [1.165, 1.54) is 5.56 Å². The second-order valence-corrected chi connectivity index (χ2v) is 6.52. The third-order valence-electron chi connectivity index (χ3n) is 4.36. The van der Waals surface area contributed by atoms with Gasteiger partial charge in [-0.2, -0.15) is 0 Å². The Labute approximate surface area is 168 Å². The molecule has 1 amide bonds. The van der Waals surface area contributed by atoms with Crippen molar-refractivity contribution < 1.29 is 19.0 Å². The number of hydrogen-bond acceptors (Lipinski definition) is 4. The molecule has 0 bridgehead atoms. The summed E-state index contributed by atoms with van der Waals surface area (Å²) in [5.74, 6) is 2.02. The molecule has 5 heteroatoms. The molecule has 0 saturated carbocycles. The van der Waals surface area contributed by atoms with Crippen LogP contribution in [0.2, 0.25) is 0 Å². The fourth-order valence-corrected chi connectivity index (χ4v) is 2.86. The monoisotopic (exact) mass is 385 g/mol. The van der Waals surface area contributed by atoms with Crippen molar-refractivity contribution in [2.45, 2.75) is 45.6 Å². The van der Waals surface area contributed by atoms with Crippen molar-refractivity contribution in [1.82, 2.24) is 5.32 Å². The molecule has 2 rings (SSSR count). The molecule has 2 aromatic carbocycles. The van der Waals surface area contributed by atoms with Crippen LogP contribution in [0.5, 0.6) is 17.2 Å². The van der Waals surface area contributed by atoms with Crippen molar-refractivity contribution in [3.05, 3.63) is 54.1 Å². The number of benzene rings is 2. The third-order valence-corrected chi connectivity index (χ3v) is 4.36. The van der Waals surface area contributed by atoms with Gasteiger partial charge in [0.2, 0.25) is 0 Å². The highest BCUT2D eigenvalue weighted by Crippen LogP contribution is 2.27. The second kappa shape index (κ2) is 11.9. The van der Waals surface area contributed by atoms with Crippen LogP contribution in [0.15, 0.2) is 48.5 Å². The van der Waals surface area contributed by atoms with Crippen LogP contribution < -0.4 is 19.5 Å². The summed E-state index contributed by atoms with van der Waals surface area (Å²) in [4.78, 5) is 12.5. The van der Waals surface area contributed by atoms with Crippen LogP contribution in [-0.2, 0) is 11.2 Å². The van der Waals surface area contributed by atoms with E-state index in [2.05, 4.69) is 18.3 Å². The normalized spacial score (nSPS) is 11.5. The van der Waals surface area contributed by atoms with Gasteiger partial charge in [0.25, 0.3) is 5.91 Å². The molecule has 2 aromatic rings. The summed E-state index contributed by atoms with van der Waals surface area (Å²) in [6.07, 6.45) is 2.71. The van der Waals surface area contributed by atoms with Gasteiger partial charge in [0.1, 0.15) is 5.75 Å². The van der Waals surface area contributed by atoms with Crippen LogP contribution in [0.25, 0.3) is 0 Å². The average Bonchev–Trinajstić information content (AvgIpc) is 2.74. The van der Waals surface area contributed by atoms with Gasteiger partial charge in [-0.1, -0.05) is 44.2 Å². The van der Waals surface area contributed by atoms with Crippen molar-refractivity contribution in [2.75, 3.05) is 20.3 Å². The first kappa shape index (κ1) is 21.6. The van der Waals surface area contributed by atoms with Crippen molar-refractivity contribution in [1.29, 1.82) is 0 Å². The highest BCUT2D eigenvalue weighted by Gasteiger charge is 2.19. The number of aryl methyl sites for hydroxylation is 1. The molecule has 0 aliphatic carbocycles. The number of rotatable bonds is 12. The van der Waals surface area contributed by atoms with Gasteiger partial charge in [-0.05, 0) is 49.4 Å². The van der Waals surface area contributed by atoms with Gasteiger partial charge < -0.3 is 19.5 Å². The van der Waals surface area contributed by atoms with E-state index in [4.69, 9.17) is 14.2 Å². The van der Waals surface area contributed by atoms with Crippen LogP contribution in [0.4, 0.5) is 0 Å². The van der Waals surface area contributed by atoms with Crippen molar-refractivity contribution >= 4 is 5.91 Å². The zero-order valence-corrected chi connectivity index (χ0v) is 17.1. The predicted molar refractivity (Wildman–Crippen MR) is 111 cm³/mol. The quantitative estimate of drug-likeness (QED) is 0.551. The predicted octanol–water partition coefficient (Wildman–Crippen LogP) is 4.39. The smallest absolute Gasteiger partial charge is 0.261 e. The minimum Gasteiger partial charge on any atom is -0.493 e. The van der Waals surface area contributed by atoms with Gasteiger partial charge in [-0.3, -0.25) is 4.79 Å². The Kier molecular flexibility index (Phi) is 9.19. The van der Waals surface area contributed by atoms with E-state index in [0.717, 1.165) is 25.0 Å². The number of nitrogens with one attached hydrogen (secondary N) is 1. The zero-order chi connectivity index (χ0) is 20.2. The summed E-state index contributed by atoms with van der Waals surface area (Å²) in [5, 5.41) is 2.98. The maximum absolute atomic E-state index is 12.5. The molecule has 1 atom stereocenters. The number of carbonyl (C=O) groups is 1. The second-order valence-electron chi connectivity index (χ2n) is 6.52. The lowest BCUT2D eigenvalue weighted by atomic mass is 10.1. The highest BCUT2D eigenvalue weighted by atomic mass is 16.5. The van der Waals surface area contributed by atoms with Crippen LogP contribution in [0.3, 0.4) is 0 Å². The molecule has 1 unspecified atom stereocenters. The summed E-state index contributed by atoms with van der Waals surface area (Å²) in [7, 11) is 1.59. The van der Waals surface area contributed by atoms with Gasteiger partial charge in [0, 0.05) is 6.54 Å². The van der Waals surface area contributed by atoms with Gasteiger partial charge in [-0.15, -0.1) is 0 Å². The first-order valence-electron chi connectivity index (χ1n) is 9.97. The Balaban J connectivity index is 1.82. The van der Waals surface area contributed by atoms with E-state index < -0.39 is 6.10 Å². The minimum atomic E-state index is -0.545. The third kappa shape index (κ3) is 6.48. The SMILES string of the molecule is CCCOc1ccccc1CCCNC(=O)C(CC)Oc1ccccc1OC. The summed E-state index contributed by atoms with van der Waals surface area (Å²) in [6.45, 7) is 5.33. The molecule has 0 aromatic heterocycles. The summed E-state index contributed by atoms with van der Waals surface area (Å²) in [5.41, 5.74) is 1.17. The van der Waals surface area contributed by atoms with Crippen LogP contribution in [0.1, 0.15) is 38.7 Å². The lowest BCUT2D eigenvalue weighted by Crippen LogP contribution is -2.38. The molecule has 0 spiro atoms. The van der Waals surface area contributed by atoms with E-state index in [1.54, 1.807) is 7.11 Å². The Morgan fingerprint density at radius 2 is 1.68 bits per heavy atom. The van der Waals surface area contributed by atoms with E-state index in [0.29, 0.717) is 31.1 Å². The maximum atomic E-state index is 12.5. The van der Waals surface area contributed by atoms with Crippen LogP contribution in [-0.4, -0.2) is 32.3 Å². The van der Waals surface area contributed by atoms with E-state index in [9.17, 15) is 4.79 Å². The van der Waals surface area contributed by atoms with E-state index in [-0.39, 0.29) is 5.91 Å². The average molecular weight is 386 g/mol. The first-order chi connectivity index (χ1) is 13.7. The molecule has 0 aliphatic heterocycles.